The summed E-state index contributed by atoms with van der Waals surface area (Å²) in [6.45, 7) is 1.97. The highest BCUT2D eigenvalue weighted by molar-refractivity contribution is 7.93. The first kappa shape index (κ1) is 20.0. The molecule has 1 amide bonds. The quantitative estimate of drug-likeness (QED) is 0.683. The van der Waals surface area contributed by atoms with Gasteiger partial charge in [-0.15, -0.1) is 0 Å². The summed E-state index contributed by atoms with van der Waals surface area (Å²) >= 11 is 0. The molecule has 1 aliphatic rings. The zero-order valence-corrected chi connectivity index (χ0v) is 17.6. The molecule has 0 radical (unpaired) electrons. The standard InChI is InChI=1S/C23H22N2O4S/c1-16-7-12-21-20(13-16)19-5-3-4-6-22(19)30(27,28)25(21)15-23(26)24-14-17-8-10-18(29-2)11-9-17/h3-13H,14-15H2,1-2H3,(H,24,26). The van der Waals surface area contributed by atoms with Crippen LogP contribution in [0.2, 0.25) is 0 Å². The van der Waals surface area contributed by atoms with E-state index in [-0.39, 0.29) is 17.3 Å². The summed E-state index contributed by atoms with van der Waals surface area (Å²) in [6, 6.07) is 19.8. The largest absolute Gasteiger partial charge is 0.497 e. The predicted octanol–water partition coefficient (Wildman–Crippen LogP) is 3.50. The van der Waals surface area contributed by atoms with Gasteiger partial charge in [-0.3, -0.25) is 9.10 Å². The number of ether oxygens (including phenoxy) is 1. The van der Waals surface area contributed by atoms with E-state index in [0.29, 0.717) is 17.8 Å². The molecule has 0 aromatic heterocycles. The number of sulfonamides is 1. The molecule has 30 heavy (non-hydrogen) atoms. The summed E-state index contributed by atoms with van der Waals surface area (Å²) in [7, 11) is -2.25. The lowest BCUT2D eigenvalue weighted by molar-refractivity contribution is -0.119. The van der Waals surface area contributed by atoms with Crippen molar-refractivity contribution in [3.05, 3.63) is 77.9 Å². The van der Waals surface area contributed by atoms with Crippen molar-refractivity contribution in [3.63, 3.8) is 0 Å². The average molecular weight is 423 g/mol. The van der Waals surface area contributed by atoms with Crippen molar-refractivity contribution in [2.75, 3.05) is 18.0 Å². The molecule has 0 saturated heterocycles. The van der Waals surface area contributed by atoms with Crippen LogP contribution >= 0.6 is 0 Å². The maximum absolute atomic E-state index is 13.3. The average Bonchev–Trinajstić information content (AvgIpc) is 2.76. The van der Waals surface area contributed by atoms with Crippen molar-refractivity contribution in [2.24, 2.45) is 0 Å². The van der Waals surface area contributed by atoms with Gasteiger partial charge >= 0.3 is 0 Å². The van der Waals surface area contributed by atoms with Crippen molar-refractivity contribution in [1.29, 1.82) is 0 Å². The molecule has 7 heteroatoms. The summed E-state index contributed by atoms with van der Waals surface area (Å²) < 4.78 is 32.8. The number of hydrogen-bond donors (Lipinski definition) is 1. The van der Waals surface area contributed by atoms with Crippen LogP contribution < -0.4 is 14.4 Å². The van der Waals surface area contributed by atoms with Crippen LogP contribution in [-0.2, 0) is 21.4 Å². The van der Waals surface area contributed by atoms with E-state index in [1.165, 1.54) is 4.31 Å². The molecule has 1 N–H and O–H groups in total. The molecular formula is C23H22N2O4S. The van der Waals surface area contributed by atoms with E-state index in [2.05, 4.69) is 5.32 Å². The second-order valence-electron chi connectivity index (χ2n) is 7.15. The maximum atomic E-state index is 13.3. The number of fused-ring (bicyclic) bond motifs is 3. The minimum atomic E-state index is -3.84. The van der Waals surface area contributed by atoms with E-state index >= 15 is 0 Å². The molecule has 3 aromatic carbocycles. The Bertz CT molecular complexity index is 1200. The van der Waals surface area contributed by atoms with Gasteiger partial charge in [-0.1, -0.05) is 42.0 Å². The lowest BCUT2D eigenvalue weighted by atomic mass is 10.0. The van der Waals surface area contributed by atoms with E-state index < -0.39 is 10.0 Å². The number of rotatable bonds is 5. The van der Waals surface area contributed by atoms with E-state index in [4.69, 9.17) is 4.74 Å². The zero-order valence-electron chi connectivity index (χ0n) is 16.8. The molecule has 0 aliphatic carbocycles. The van der Waals surface area contributed by atoms with Crippen LogP contribution in [0, 0.1) is 6.92 Å². The molecule has 154 valence electrons. The Morgan fingerprint density at radius 1 is 1.00 bits per heavy atom. The van der Waals surface area contributed by atoms with Crippen molar-refractivity contribution >= 4 is 21.6 Å². The molecule has 4 rings (SSSR count). The van der Waals surface area contributed by atoms with Crippen molar-refractivity contribution in [2.45, 2.75) is 18.4 Å². The number of hydrogen-bond acceptors (Lipinski definition) is 4. The first-order chi connectivity index (χ1) is 14.4. The topological polar surface area (TPSA) is 75.7 Å². The van der Waals surface area contributed by atoms with Gasteiger partial charge in [-0.25, -0.2) is 8.42 Å². The molecule has 6 nitrogen and oxygen atoms in total. The van der Waals surface area contributed by atoms with Crippen LogP contribution in [-0.4, -0.2) is 28.0 Å². The fourth-order valence-electron chi connectivity index (χ4n) is 3.55. The number of benzene rings is 3. The Hall–Kier alpha value is -3.32. The Morgan fingerprint density at radius 2 is 1.73 bits per heavy atom. The predicted molar refractivity (Wildman–Crippen MR) is 116 cm³/mol. The summed E-state index contributed by atoms with van der Waals surface area (Å²) in [5.74, 6) is 0.357. The first-order valence-electron chi connectivity index (χ1n) is 9.52. The van der Waals surface area contributed by atoms with Gasteiger partial charge in [0, 0.05) is 17.7 Å². The molecule has 1 heterocycles. The Labute approximate surface area is 176 Å². The van der Waals surface area contributed by atoms with Crippen LogP contribution in [0.5, 0.6) is 5.75 Å². The normalized spacial score (nSPS) is 13.9. The Kier molecular flexibility index (Phi) is 5.22. The molecular weight excluding hydrogens is 400 g/mol. The van der Waals surface area contributed by atoms with Crippen LogP contribution in [0.4, 0.5) is 5.69 Å². The Balaban J connectivity index is 1.59. The SMILES string of the molecule is COc1ccc(CNC(=O)CN2c3ccc(C)cc3-c3ccccc3S2(=O)=O)cc1. The van der Waals surface area contributed by atoms with E-state index in [1.54, 1.807) is 31.4 Å². The number of carbonyl (C=O) groups excluding carboxylic acids is 1. The number of nitrogens with one attached hydrogen (secondary N) is 1. The zero-order chi connectivity index (χ0) is 21.3. The minimum absolute atomic E-state index is 0.214. The monoisotopic (exact) mass is 422 g/mol. The number of anilines is 1. The van der Waals surface area contributed by atoms with Crippen molar-refractivity contribution in [1.82, 2.24) is 5.32 Å². The summed E-state index contributed by atoms with van der Waals surface area (Å²) in [4.78, 5) is 12.9. The molecule has 0 atom stereocenters. The minimum Gasteiger partial charge on any atom is -0.497 e. The molecule has 0 bridgehead atoms. The smallest absolute Gasteiger partial charge is 0.265 e. The first-order valence-corrected chi connectivity index (χ1v) is 11.0. The summed E-state index contributed by atoms with van der Waals surface area (Å²) in [6.07, 6.45) is 0. The molecule has 0 fully saturated rings. The van der Waals surface area contributed by atoms with Crippen molar-refractivity contribution < 1.29 is 17.9 Å². The lowest BCUT2D eigenvalue weighted by Crippen LogP contribution is -2.42. The number of aryl methyl sites for hydroxylation is 1. The fraction of sp³-hybridized carbons (Fsp3) is 0.174. The van der Waals surface area contributed by atoms with Crippen LogP contribution in [0.3, 0.4) is 0 Å². The van der Waals surface area contributed by atoms with E-state index in [0.717, 1.165) is 22.4 Å². The number of methoxy groups -OCH3 is 1. The molecule has 3 aromatic rings. The Morgan fingerprint density at radius 3 is 2.47 bits per heavy atom. The van der Waals surface area contributed by atoms with Gasteiger partial charge in [-0.2, -0.15) is 0 Å². The highest BCUT2D eigenvalue weighted by Crippen LogP contribution is 2.43. The van der Waals surface area contributed by atoms with Gasteiger partial charge in [0.2, 0.25) is 5.91 Å². The molecule has 0 unspecified atom stereocenters. The maximum Gasteiger partial charge on any atom is 0.265 e. The number of amides is 1. The number of nitrogens with zero attached hydrogens (tertiary/aromatic N) is 1. The van der Waals surface area contributed by atoms with Crippen LogP contribution in [0.15, 0.2) is 71.6 Å². The van der Waals surface area contributed by atoms with Crippen molar-refractivity contribution in [3.8, 4) is 16.9 Å². The third kappa shape index (κ3) is 3.64. The second-order valence-corrected chi connectivity index (χ2v) is 8.98. The third-order valence-electron chi connectivity index (χ3n) is 5.10. The lowest BCUT2D eigenvalue weighted by Gasteiger charge is -2.31. The molecule has 0 spiro atoms. The van der Waals surface area contributed by atoms with Gasteiger partial charge in [-0.05, 0) is 42.8 Å². The van der Waals surface area contributed by atoms with Gasteiger partial charge < -0.3 is 10.1 Å². The summed E-state index contributed by atoms with van der Waals surface area (Å²) in [5.41, 5.74) is 3.90. The molecule has 0 saturated carbocycles. The number of carbonyl (C=O) groups is 1. The van der Waals surface area contributed by atoms with Crippen LogP contribution in [0.1, 0.15) is 11.1 Å². The van der Waals surface area contributed by atoms with Gasteiger partial charge in [0.25, 0.3) is 10.0 Å². The second kappa shape index (κ2) is 7.84. The fourth-order valence-corrected chi connectivity index (χ4v) is 5.20. The van der Waals surface area contributed by atoms with Gasteiger partial charge in [0.15, 0.2) is 0 Å². The van der Waals surface area contributed by atoms with Crippen LogP contribution in [0.25, 0.3) is 11.1 Å². The molecule has 1 aliphatic heterocycles. The van der Waals surface area contributed by atoms with Gasteiger partial charge in [0.05, 0.1) is 17.7 Å². The van der Waals surface area contributed by atoms with E-state index in [1.807, 2.05) is 49.4 Å². The highest BCUT2D eigenvalue weighted by Gasteiger charge is 2.35. The highest BCUT2D eigenvalue weighted by atomic mass is 32.2. The van der Waals surface area contributed by atoms with Gasteiger partial charge in [0.1, 0.15) is 12.3 Å². The summed E-state index contributed by atoms with van der Waals surface area (Å²) in [5, 5.41) is 2.80. The van der Waals surface area contributed by atoms with E-state index in [9.17, 15) is 13.2 Å². The third-order valence-corrected chi connectivity index (χ3v) is 6.92.